The van der Waals surface area contributed by atoms with Crippen LogP contribution < -0.4 is 10.6 Å². The predicted octanol–water partition coefficient (Wildman–Crippen LogP) is 2.54. The van der Waals surface area contributed by atoms with Crippen molar-refractivity contribution in [3.8, 4) is 0 Å². The quantitative estimate of drug-likeness (QED) is 0.519. The summed E-state index contributed by atoms with van der Waals surface area (Å²) in [5, 5.41) is 13.8. The van der Waals surface area contributed by atoms with E-state index in [0.29, 0.717) is 40.2 Å². The number of Topliss-reactive ketones (excluding diaryl/α,β-unsaturated/α-hetero) is 1. The van der Waals surface area contributed by atoms with E-state index in [2.05, 4.69) is 15.6 Å². The average Bonchev–Trinajstić information content (AvgIpc) is 2.98. The number of carboxylic acids is 1. The third-order valence-electron chi connectivity index (χ3n) is 4.25. The highest BCUT2D eigenvalue weighted by Gasteiger charge is 2.21. The van der Waals surface area contributed by atoms with Gasteiger partial charge < -0.3 is 20.7 Å². The lowest BCUT2D eigenvalue weighted by Gasteiger charge is -2.08. The van der Waals surface area contributed by atoms with Crippen molar-refractivity contribution < 1.29 is 24.3 Å². The van der Waals surface area contributed by atoms with E-state index in [0.717, 1.165) is 0 Å². The third kappa shape index (κ3) is 4.85. The summed E-state index contributed by atoms with van der Waals surface area (Å²) in [5.41, 5.74) is 3.07. The van der Waals surface area contributed by atoms with Gasteiger partial charge in [0.1, 0.15) is 5.69 Å². The number of carbonyl (C=O) groups excluding carboxylic acids is 3. The van der Waals surface area contributed by atoms with Crippen molar-refractivity contribution >= 4 is 29.3 Å². The number of hydrogen-bond acceptors (Lipinski definition) is 4. The number of carboxylic acid groups (broad SMARTS) is 1. The van der Waals surface area contributed by atoms with E-state index in [1.807, 2.05) is 6.92 Å². The fraction of sp³-hybridized carbons (Fsp3) is 0.300. The summed E-state index contributed by atoms with van der Waals surface area (Å²) >= 11 is 0. The molecule has 2 aromatic rings. The van der Waals surface area contributed by atoms with Crippen LogP contribution in [-0.2, 0) is 11.2 Å². The Morgan fingerprint density at radius 1 is 1.07 bits per heavy atom. The number of aryl methyl sites for hydroxylation is 1. The maximum atomic E-state index is 12.6. The van der Waals surface area contributed by atoms with Crippen molar-refractivity contribution in [1.82, 2.24) is 10.3 Å². The Labute approximate surface area is 162 Å². The minimum Gasteiger partial charge on any atom is -0.481 e. The number of nitrogens with one attached hydrogen (secondary N) is 3. The van der Waals surface area contributed by atoms with Gasteiger partial charge >= 0.3 is 5.97 Å². The summed E-state index contributed by atoms with van der Waals surface area (Å²) in [6.45, 7) is 5.14. The largest absolute Gasteiger partial charge is 0.481 e. The molecule has 148 valence electrons. The lowest BCUT2D eigenvalue weighted by atomic mass is 10.0. The van der Waals surface area contributed by atoms with Gasteiger partial charge in [0.25, 0.3) is 11.8 Å². The molecule has 0 saturated carbocycles. The smallest absolute Gasteiger partial charge is 0.305 e. The van der Waals surface area contributed by atoms with E-state index < -0.39 is 11.9 Å². The number of rotatable bonds is 8. The van der Waals surface area contributed by atoms with Crippen molar-refractivity contribution in [2.75, 3.05) is 11.9 Å². The Balaban J connectivity index is 2.09. The van der Waals surface area contributed by atoms with Gasteiger partial charge in [0.2, 0.25) is 0 Å². The van der Waals surface area contributed by atoms with E-state index in [4.69, 9.17) is 5.11 Å². The molecule has 0 saturated heterocycles. The summed E-state index contributed by atoms with van der Waals surface area (Å²) in [6, 6.07) is 6.23. The number of carbonyl (C=O) groups is 4. The molecule has 0 aliphatic heterocycles. The summed E-state index contributed by atoms with van der Waals surface area (Å²) in [7, 11) is 0. The molecule has 0 aliphatic carbocycles. The van der Waals surface area contributed by atoms with E-state index in [1.54, 1.807) is 19.1 Å². The highest BCUT2D eigenvalue weighted by Crippen LogP contribution is 2.21. The minimum absolute atomic E-state index is 0.0388. The SMILES string of the molecule is CCc1c(C(=O)Nc2ccc(C(=O)NCCC(=O)O)cc2)[nH]c(C)c1C(C)=O. The summed E-state index contributed by atoms with van der Waals surface area (Å²) in [5.74, 6) is -1.84. The second-order valence-corrected chi connectivity index (χ2v) is 6.32. The van der Waals surface area contributed by atoms with Gasteiger partial charge in [-0.15, -0.1) is 0 Å². The van der Waals surface area contributed by atoms with Crippen molar-refractivity contribution in [2.45, 2.75) is 33.6 Å². The zero-order chi connectivity index (χ0) is 20.8. The van der Waals surface area contributed by atoms with E-state index in [-0.39, 0.29) is 24.7 Å². The van der Waals surface area contributed by atoms with Crippen LogP contribution in [0, 0.1) is 6.92 Å². The standard InChI is InChI=1S/C20H23N3O5/c1-4-15-17(12(3)24)11(2)22-18(15)20(28)23-14-7-5-13(6-8-14)19(27)21-10-9-16(25)26/h5-8,22H,4,9-10H2,1-3H3,(H,21,27)(H,23,28)(H,25,26). The first kappa shape index (κ1) is 20.9. The second kappa shape index (κ2) is 8.98. The monoisotopic (exact) mass is 385 g/mol. The first-order valence-electron chi connectivity index (χ1n) is 8.88. The van der Waals surface area contributed by atoms with Crippen LogP contribution in [0.1, 0.15) is 62.7 Å². The van der Waals surface area contributed by atoms with Gasteiger partial charge in [0, 0.05) is 29.1 Å². The molecule has 1 aromatic carbocycles. The predicted molar refractivity (Wildman–Crippen MR) is 104 cm³/mol. The zero-order valence-corrected chi connectivity index (χ0v) is 16.0. The van der Waals surface area contributed by atoms with Crippen LogP contribution in [0.4, 0.5) is 5.69 Å². The summed E-state index contributed by atoms with van der Waals surface area (Å²) in [6.07, 6.45) is 0.384. The lowest BCUT2D eigenvalue weighted by Crippen LogP contribution is -2.25. The van der Waals surface area contributed by atoms with Crippen LogP contribution in [-0.4, -0.2) is 40.2 Å². The Kier molecular flexibility index (Phi) is 6.70. The van der Waals surface area contributed by atoms with Crippen LogP contribution in [0.5, 0.6) is 0 Å². The molecule has 0 unspecified atom stereocenters. The van der Waals surface area contributed by atoms with Gasteiger partial charge in [-0.05, 0) is 50.1 Å². The highest BCUT2D eigenvalue weighted by molar-refractivity contribution is 6.08. The number of H-pyrrole nitrogens is 1. The molecule has 0 atom stereocenters. The number of anilines is 1. The number of amides is 2. The van der Waals surface area contributed by atoms with Gasteiger partial charge in [-0.25, -0.2) is 0 Å². The van der Waals surface area contributed by atoms with Crippen LogP contribution in [0.15, 0.2) is 24.3 Å². The minimum atomic E-state index is -0.989. The molecule has 0 fully saturated rings. The van der Waals surface area contributed by atoms with Crippen LogP contribution in [0.3, 0.4) is 0 Å². The summed E-state index contributed by atoms with van der Waals surface area (Å²) in [4.78, 5) is 49.8. The Morgan fingerprint density at radius 3 is 2.25 bits per heavy atom. The van der Waals surface area contributed by atoms with Gasteiger partial charge in [-0.2, -0.15) is 0 Å². The molecule has 0 spiro atoms. The number of ketones is 1. The molecule has 28 heavy (non-hydrogen) atoms. The van der Waals surface area contributed by atoms with Gasteiger partial charge in [0.15, 0.2) is 5.78 Å². The lowest BCUT2D eigenvalue weighted by molar-refractivity contribution is -0.136. The molecule has 2 amide bonds. The highest BCUT2D eigenvalue weighted by atomic mass is 16.4. The molecule has 1 aromatic heterocycles. The molecule has 8 nitrogen and oxygen atoms in total. The normalized spacial score (nSPS) is 10.4. The first-order valence-corrected chi connectivity index (χ1v) is 8.88. The van der Waals surface area contributed by atoms with Crippen molar-refractivity contribution in [1.29, 1.82) is 0 Å². The fourth-order valence-corrected chi connectivity index (χ4v) is 2.98. The Morgan fingerprint density at radius 2 is 1.71 bits per heavy atom. The molecule has 1 heterocycles. The maximum Gasteiger partial charge on any atom is 0.305 e. The maximum absolute atomic E-state index is 12.6. The number of hydrogen-bond donors (Lipinski definition) is 4. The molecule has 0 radical (unpaired) electrons. The molecule has 2 rings (SSSR count). The zero-order valence-electron chi connectivity index (χ0n) is 16.0. The molecule has 0 bridgehead atoms. The topological polar surface area (TPSA) is 128 Å². The second-order valence-electron chi connectivity index (χ2n) is 6.32. The molecule has 8 heteroatoms. The van der Waals surface area contributed by atoms with E-state index in [9.17, 15) is 19.2 Å². The Hall–Kier alpha value is -3.42. The van der Waals surface area contributed by atoms with E-state index >= 15 is 0 Å². The number of aliphatic carboxylic acids is 1. The van der Waals surface area contributed by atoms with Crippen LogP contribution in [0.2, 0.25) is 0 Å². The number of benzene rings is 1. The Bertz CT molecular complexity index is 913. The first-order chi connectivity index (χ1) is 13.2. The van der Waals surface area contributed by atoms with Crippen molar-refractivity contribution in [3.05, 3.63) is 52.3 Å². The fourth-order valence-electron chi connectivity index (χ4n) is 2.98. The average molecular weight is 385 g/mol. The third-order valence-corrected chi connectivity index (χ3v) is 4.25. The van der Waals surface area contributed by atoms with Gasteiger partial charge in [-0.1, -0.05) is 6.92 Å². The van der Waals surface area contributed by atoms with Crippen LogP contribution >= 0.6 is 0 Å². The van der Waals surface area contributed by atoms with Crippen molar-refractivity contribution in [2.24, 2.45) is 0 Å². The van der Waals surface area contributed by atoms with Gasteiger partial charge in [-0.3, -0.25) is 19.2 Å². The van der Waals surface area contributed by atoms with Crippen molar-refractivity contribution in [3.63, 3.8) is 0 Å². The molecule has 0 aliphatic rings. The molecular formula is C20H23N3O5. The summed E-state index contributed by atoms with van der Waals surface area (Å²) < 4.78 is 0. The molecular weight excluding hydrogens is 362 g/mol. The van der Waals surface area contributed by atoms with Gasteiger partial charge in [0.05, 0.1) is 6.42 Å². The number of aromatic nitrogens is 1. The van der Waals surface area contributed by atoms with Crippen LogP contribution in [0.25, 0.3) is 0 Å². The molecule has 4 N–H and O–H groups in total. The number of aromatic amines is 1. The van der Waals surface area contributed by atoms with E-state index in [1.165, 1.54) is 19.1 Å².